The van der Waals surface area contributed by atoms with Gasteiger partial charge < -0.3 is 29.4 Å². The van der Waals surface area contributed by atoms with Gasteiger partial charge in [-0.05, 0) is 265 Å². The summed E-state index contributed by atoms with van der Waals surface area (Å²) >= 11 is 0. The number of hydrogen-bond acceptors (Lipinski definition) is 6. The molecule has 6 aliphatic heterocycles. The summed E-state index contributed by atoms with van der Waals surface area (Å²) in [7, 11) is -9.33. The fourth-order valence-corrected chi connectivity index (χ4v) is 28.2. The Labute approximate surface area is 767 Å². The van der Waals surface area contributed by atoms with Crippen molar-refractivity contribution in [3.05, 3.63) is 347 Å². The standard InChI is InChI=1S/C114H117B3N6Si5/c1-72-33-40-79(41-34-72)118-100-61-58-88(127(18,19)20)70-97(100)116-94-31-25-28-91(112(94)121(82-44-37-74(3)38-45-82)106-68-77(6)65-103(118)109(106)116)114(8,90-27-24-30-93-111(90)122(83-48-54-86(55-49-83)125(12,13)14)105-67-76(5)64-102-108(105)115(93)96-63-75(4)39-60-99(96)120(102)81-46-52-85(53-47-81)124(9,10)11)92-29-26-32-95-113(92)123(84-50-56-87(57-51-84)126(15,16)17)107-69-78(7)66-104-110(107)117(95)98-71-89(128(21,22)23)59-62-101(98)119(104)80-42-35-73(2)36-43-80/h24-71H,1-23H3. The number of fused-ring (bicyclic) bond motifs is 12. The molecule has 0 bridgehead atoms. The molecule has 0 fully saturated rings. The van der Waals surface area contributed by atoms with Gasteiger partial charge in [-0.25, -0.2) is 0 Å². The molecule has 6 aliphatic rings. The van der Waals surface area contributed by atoms with Crippen LogP contribution in [-0.2, 0) is 5.41 Å². The minimum absolute atomic E-state index is 0.180. The third-order valence-corrected chi connectivity index (χ3v) is 39.3. The monoisotopic (exact) mass is 1740 g/mol. The first kappa shape index (κ1) is 83.3. The highest BCUT2D eigenvalue weighted by atomic mass is 28.3. The smallest absolute Gasteiger partial charge is 0.252 e. The molecule has 14 heteroatoms. The van der Waals surface area contributed by atoms with E-state index in [2.05, 4.69) is 474 Å². The first-order valence-corrected chi connectivity index (χ1v) is 64.0. The van der Waals surface area contributed by atoms with Gasteiger partial charge in [-0.15, -0.1) is 0 Å². The van der Waals surface area contributed by atoms with Gasteiger partial charge in [-0.1, -0.05) is 310 Å². The summed E-state index contributed by atoms with van der Waals surface area (Å²) in [5.41, 5.74) is 44.5. The molecule has 15 aromatic carbocycles. The van der Waals surface area contributed by atoms with Crippen LogP contribution < -0.4 is 104 Å². The van der Waals surface area contributed by atoms with Crippen LogP contribution in [0.5, 0.6) is 0 Å². The molecule has 0 N–H and O–H groups in total. The van der Waals surface area contributed by atoms with Crippen molar-refractivity contribution in [3.63, 3.8) is 0 Å². The van der Waals surface area contributed by atoms with Gasteiger partial charge in [0, 0.05) is 108 Å². The lowest BCUT2D eigenvalue weighted by molar-refractivity contribution is 0.694. The summed E-state index contributed by atoms with van der Waals surface area (Å²) in [6.45, 7) is 55.7. The third kappa shape index (κ3) is 13.2. The summed E-state index contributed by atoms with van der Waals surface area (Å²) in [6, 6.07) is 118. The van der Waals surface area contributed by atoms with E-state index in [1.807, 2.05) is 0 Å². The largest absolute Gasteiger partial charge is 0.311 e. The number of aryl methyl sites for hydroxylation is 7. The molecular formula is C114H117B3N6Si5. The number of hydrogen-bond donors (Lipinski definition) is 0. The molecule has 0 saturated heterocycles. The molecule has 21 rings (SSSR count). The van der Waals surface area contributed by atoms with Gasteiger partial charge in [0.1, 0.15) is 0 Å². The molecular weight excluding hydrogens is 1630 g/mol. The number of nitrogens with zero attached hydrogens (tertiary/aromatic N) is 6. The Kier molecular flexibility index (Phi) is 19.3. The van der Waals surface area contributed by atoms with Crippen LogP contribution in [0, 0.1) is 48.5 Å². The zero-order valence-electron chi connectivity index (χ0n) is 79.1. The van der Waals surface area contributed by atoms with Crippen LogP contribution in [0.25, 0.3) is 0 Å². The predicted octanol–water partition coefficient (Wildman–Crippen LogP) is 22.2. The molecule has 15 aromatic rings. The van der Waals surface area contributed by atoms with E-state index in [-0.39, 0.29) is 20.1 Å². The summed E-state index contributed by atoms with van der Waals surface area (Å²) in [4.78, 5) is 16.2. The van der Waals surface area contributed by atoms with Crippen LogP contribution in [0.2, 0.25) is 98.2 Å². The van der Waals surface area contributed by atoms with Crippen molar-refractivity contribution < 1.29 is 0 Å². The van der Waals surface area contributed by atoms with Gasteiger partial charge in [-0.2, -0.15) is 0 Å². The average Bonchev–Trinajstić information content (AvgIpc) is 0.675. The maximum atomic E-state index is 2.78. The Morgan fingerprint density at radius 2 is 0.414 bits per heavy atom. The quantitative estimate of drug-likeness (QED) is 0.0793. The van der Waals surface area contributed by atoms with Crippen molar-refractivity contribution >= 4 is 238 Å². The molecule has 0 amide bonds. The van der Waals surface area contributed by atoms with Crippen molar-refractivity contribution in [2.75, 3.05) is 29.4 Å². The van der Waals surface area contributed by atoms with Crippen molar-refractivity contribution in [2.24, 2.45) is 0 Å². The van der Waals surface area contributed by atoms with Gasteiger partial charge in [-0.3, -0.25) is 0 Å². The first-order chi connectivity index (χ1) is 60.9. The highest BCUT2D eigenvalue weighted by molar-refractivity contribution is 7.03. The summed E-state index contributed by atoms with van der Waals surface area (Å²) < 4.78 is 0. The molecule has 632 valence electrons. The van der Waals surface area contributed by atoms with E-state index in [9.17, 15) is 0 Å². The summed E-state index contributed by atoms with van der Waals surface area (Å²) in [5, 5.41) is 7.22. The lowest BCUT2D eigenvalue weighted by Crippen LogP contribution is -2.63. The van der Waals surface area contributed by atoms with Crippen LogP contribution in [0.3, 0.4) is 0 Å². The van der Waals surface area contributed by atoms with Gasteiger partial charge in [0.15, 0.2) is 0 Å². The average molecular weight is 1740 g/mol. The van der Waals surface area contributed by atoms with E-state index in [1.165, 1.54) is 205 Å². The fraction of sp³-hybridized carbons (Fsp3) is 0.211. The predicted molar refractivity (Wildman–Crippen MR) is 575 cm³/mol. The van der Waals surface area contributed by atoms with E-state index < -0.39 is 45.8 Å². The third-order valence-electron chi connectivity index (χ3n) is 29.1. The number of para-hydroxylation sites is 3. The number of rotatable bonds is 14. The molecule has 1 unspecified atom stereocenters. The Bertz CT molecular complexity index is 7070. The molecule has 0 saturated carbocycles. The molecule has 0 aliphatic carbocycles. The maximum absolute atomic E-state index is 2.78. The highest BCUT2D eigenvalue weighted by Crippen LogP contribution is 2.58. The van der Waals surface area contributed by atoms with Crippen LogP contribution in [-0.4, -0.2) is 60.5 Å². The second-order valence-electron chi connectivity index (χ2n) is 43.3. The number of benzene rings is 15. The molecule has 0 aromatic heterocycles. The molecule has 6 nitrogen and oxygen atoms in total. The Balaban J connectivity index is 0.944. The number of anilines is 18. The van der Waals surface area contributed by atoms with E-state index in [0.29, 0.717) is 0 Å². The molecule has 1 atom stereocenters. The Hall–Kier alpha value is -11.6. The van der Waals surface area contributed by atoms with Crippen molar-refractivity contribution in [3.8, 4) is 0 Å². The molecule has 0 radical (unpaired) electrons. The highest BCUT2D eigenvalue weighted by Gasteiger charge is 2.54. The normalized spacial score (nSPS) is 14.6. The van der Waals surface area contributed by atoms with Crippen LogP contribution >= 0.6 is 0 Å². The second-order valence-corrected chi connectivity index (χ2v) is 68.7. The van der Waals surface area contributed by atoms with Gasteiger partial charge in [0.05, 0.1) is 40.4 Å². The van der Waals surface area contributed by atoms with Crippen molar-refractivity contribution in [1.29, 1.82) is 0 Å². The molecule has 6 heterocycles. The fourth-order valence-electron chi connectivity index (χ4n) is 22.3. The minimum Gasteiger partial charge on any atom is -0.311 e. The van der Waals surface area contributed by atoms with E-state index in [4.69, 9.17) is 0 Å². The summed E-state index contributed by atoms with van der Waals surface area (Å²) in [5.74, 6) is 0. The van der Waals surface area contributed by atoms with E-state index >= 15 is 0 Å². The minimum atomic E-state index is -1.98. The van der Waals surface area contributed by atoms with E-state index in [1.54, 1.807) is 0 Å². The van der Waals surface area contributed by atoms with Crippen LogP contribution in [0.4, 0.5) is 102 Å². The van der Waals surface area contributed by atoms with Gasteiger partial charge in [0.2, 0.25) is 0 Å². The maximum Gasteiger partial charge on any atom is 0.252 e. The van der Waals surface area contributed by atoms with Crippen LogP contribution in [0.1, 0.15) is 62.6 Å². The molecule has 128 heavy (non-hydrogen) atoms. The molecule has 0 spiro atoms. The van der Waals surface area contributed by atoms with Crippen molar-refractivity contribution in [1.82, 2.24) is 0 Å². The lowest BCUT2D eigenvalue weighted by Gasteiger charge is -2.50. The summed E-state index contributed by atoms with van der Waals surface area (Å²) in [6.07, 6.45) is 0. The van der Waals surface area contributed by atoms with Gasteiger partial charge >= 0.3 is 0 Å². The zero-order valence-corrected chi connectivity index (χ0v) is 84.1. The van der Waals surface area contributed by atoms with Crippen LogP contribution in [0.15, 0.2) is 291 Å². The lowest BCUT2D eigenvalue weighted by atomic mass is 9.32. The SMILES string of the molecule is Cc1ccc(N2c3ccc([Si](C)(C)C)cc3B3c4cccc(C(C)(c5cccc6c5N(c5ccc([Si](C)(C)C)cc5)c5cc(C)cc7c5B6c5cc(C)ccc5N7c5ccc([Si](C)(C)C)cc5)c5cccc6c5N(c5ccc([Si](C)(C)C)cc5)c5cc(C)cc7c5B6c5cc([Si](C)(C)C)ccc5N7c5ccc(C)cc5)c4N(c4ccc(C)cc4)c4cc(C)cc2c43)cc1. The van der Waals surface area contributed by atoms with E-state index in [0.717, 1.165) is 28.4 Å². The zero-order chi connectivity index (χ0) is 89.4. The Morgan fingerprint density at radius 1 is 0.195 bits per heavy atom. The first-order valence-electron chi connectivity index (χ1n) is 46.5. The topological polar surface area (TPSA) is 19.4 Å². The second kappa shape index (κ2) is 29.7. The Morgan fingerprint density at radius 3 is 0.680 bits per heavy atom. The van der Waals surface area contributed by atoms with Gasteiger partial charge in [0.25, 0.3) is 20.1 Å². The van der Waals surface area contributed by atoms with Crippen molar-refractivity contribution in [2.45, 2.75) is 159 Å².